The number of ether oxygens (including phenoxy) is 1. The molecule has 1 heterocycles. The smallest absolute Gasteiger partial charge is 0.268 e. The van der Waals surface area contributed by atoms with Crippen molar-refractivity contribution < 1.29 is 18.7 Å². The molecule has 3 aromatic rings. The molecule has 0 radical (unpaired) electrons. The maximum atomic E-state index is 12.8. The number of amides is 2. The second-order valence-electron chi connectivity index (χ2n) is 6.89. The van der Waals surface area contributed by atoms with Gasteiger partial charge in [-0.15, -0.1) is 0 Å². The predicted molar refractivity (Wildman–Crippen MR) is 115 cm³/mol. The van der Waals surface area contributed by atoms with Crippen molar-refractivity contribution in [3.63, 3.8) is 0 Å². The summed E-state index contributed by atoms with van der Waals surface area (Å²) in [6.45, 7) is 4.05. The number of rotatable bonds is 8. The lowest BCUT2D eigenvalue weighted by molar-refractivity contribution is -0.118. The molecule has 6 nitrogen and oxygen atoms in total. The highest BCUT2D eigenvalue weighted by Crippen LogP contribution is 2.10. The summed E-state index contributed by atoms with van der Waals surface area (Å²) in [6, 6.07) is 19.6. The zero-order chi connectivity index (χ0) is 21.3. The fourth-order valence-electron chi connectivity index (χ4n) is 2.65. The largest absolute Gasteiger partial charge is 0.491 e. The van der Waals surface area contributed by atoms with Crippen molar-refractivity contribution in [3.05, 3.63) is 95.6 Å². The molecule has 2 N–H and O–H groups in total. The van der Waals surface area contributed by atoms with Crippen LogP contribution in [-0.2, 0) is 4.79 Å². The Labute approximate surface area is 175 Å². The molecule has 0 unspecified atom stereocenters. The lowest BCUT2D eigenvalue weighted by Gasteiger charge is -2.17. The lowest BCUT2D eigenvalue weighted by Crippen LogP contribution is -2.41. The summed E-state index contributed by atoms with van der Waals surface area (Å²) in [6.07, 6.45) is 2.99. The van der Waals surface area contributed by atoms with E-state index in [1.807, 2.05) is 56.3 Å². The molecule has 30 heavy (non-hydrogen) atoms. The van der Waals surface area contributed by atoms with Gasteiger partial charge in [-0.25, -0.2) is 0 Å². The molecule has 2 aromatic carbocycles. The Balaban J connectivity index is 1.67. The van der Waals surface area contributed by atoms with Gasteiger partial charge in [-0.1, -0.05) is 35.9 Å². The molecule has 2 amide bonds. The third kappa shape index (κ3) is 6.10. The van der Waals surface area contributed by atoms with Crippen molar-refractivity contribution in [2.75, 3.05) is 6.61 Å². The van der Waals surface area contributed by atoms with Crippen molar-refractivity contribution in [3.8, 4) is 5.75 Å². The topological polar surface area (TPSA) is 80.6 Å². The third-order valence-electron chi connectivity index (χ3n) is 4.26. The SMILES string of the molecule is Cc1ccc(C(=O)N/C(=C\c2ccco2)C(=O)N[C@H](C)COc2ccccc2)cc1. The Morgan fingerprint density at radius 1 is 1.03 bits per heavy atom. The molecule has 0 saturated heterocycles. The first-order valence-electron chi connectivity index (χ1n) is 9.63. The Bertz CT molecular complexity index is 993. The van der Waals surface area contributed by atoms with Gasteiger partial charge in [0.2, 0.25) is 0 Å². The highest BCUT2D eigenvalue weighted by atomic mass is 16.5. The Morgan fingerprint density at radius 2 is 1.77 bits per heavy atom. The number of carbonyl (C=O) groups excluding carboxylic acids is 2. The summed E-state index contributed by atoms with van der Waals surface area (Å²) >= 11 is 0. The van der Waals surface area contributed by atoms with Crippen LogP contribution < -0.4 is 15.4 Å². The van der Waals surface area contributed by atoms with Gasteiger partial charge in [-0.05, 0) is 50.2 Å². The van der Waals surface area contributed by atoms with Crippen LogP contribution in [0.5, 0.6) is 5.75 Å². The highest BCUT2D eigenvalue weighted by Gasteiger charge is 2.17. The summed E-state index contributed by atoms with van der Waals surface area (Å²) in [4.78, 5) is 25.4. The van der Waals surface area contributed by atoms with Gasteiger partial charge in [0, 0.05) is 11.6 Å². The first kappa shape index (κ1) is 20.9. The summed E-state index contributed by atoms with van der Waals surface area (Å²) in [5.41, 5.74) is 1.59. The van der Waals surface area contributed by atoms with E-state index in [2.05, 4.69) is 10.6 Å². The van der Waals surface area contributed by atoms with Gasteiger partial charge in [-0.3, -0.25) is 9.59 Å². The number of furan rings is 1. The van der Waals surface area contributed by atoms with E-state index in [1.165, 1.54) is 12.3 Å². The normalized spacial score (nSPS) is 12.1. The molecule has 0 fully saturated rings. The van der Waals surface area contributed by atoms with E-state index in [0.29, 0.717) is 11.3 Å². The maximum absolute atomic E-state index is 12.8. The van der Waals surface area contributed by atoms with E-state index in [-0.39, 0.29) is 24.3 Å². The Morgan fingerprint density at radius 3 is 2.43 bits per heavy atom. The zero-order valence-corrected chi connectivity index (χ0v) is 16.9. The minimum atomic E-state index is -0.434. The summed E-state index contributed by atoms with van der Waals surface area (Å²) in [5.74, 6) is 0.363. The molecule has 0 spiro atoms. The summed E-state index contributed by atoms with van der Waals surface area (Å²) in [7, 11) is 0. The van der Waals surface area contributed by atoms with E-state index in [9.17, 15) is 9.59 Å². The van der Waals surface area contributed by atoms with Crippen LogP contribution in [0, 0.1) is 6.92 Å². The second kappa shape index (κ2) is 10.1. The first-order valence-corrected chi connectivity index (χ1v) is 9.63. The van der Waals surface area contributed by atoms with Crippen molar-refractivity contribution in [2.45, 2.75) is 19.9 Å². The molecule has 0 aliphatic carbocycles. The van der Waals surface area contributed by atoms with Crippen LogP contribution in [0.3, 0.4) is 0 Å². The van der Waals surface area contributed by atoms with E-state index in [1.54, 1.807) is 24.3 Å². The fourth-order valence-corrected chi connectivity index (χ4v) is 2.65. The average molecular weight is 404 g/mol. The minimum absolute atomic E-state index is 0.0853. The van der Waals surface area contributed by atoms with Gasteiger partial charge in [-0.2, -0.15) is 0 Å². The molecular weight excluding hydrogens is 380 g/mol. The molecular formula is C24H24N2O4. The molecule has 0 aliphatic heterocycles. The van der Waals surface area contributed by atoms with E-state index in [0.717, 1.165) is 11.3 Å². The molecule has 0 aliphatic rings. The van der Waals surface area contributed by atoms with Gasteiger partial charge in [0.1, 0.15) is 23.8 Å². The Hall–Kier alpha value is -3.80. The number of para-hydroxylation sites is 1. The summed E-state index contributed by atoms with van der Waals surface area (Å²) < 4.78 is 11.0. The lowest BCUT2D eigenvalue weighted by atomic mass is 10.1. The van der Waals surface area contributed by atoms with Crippen molar-refractivity contribution in [1.82, 2.24) is 10.6 Å². The number of hydrogen-bond donors (Lipinski definition) is 2. The quantitative estimate of drug-likeness (QED) is 0.557. The number of nitrogens with one attached hydrogen (secondary N) is 2. The van der Waals surface area contributed by atoms with E-state index in [4.69, 9.17) is 9.15 Å². The third-order valence-corrected chi connectivity index (χ3v) is 4.26. The standard InChI is InChI=1S/C24H24N2O4/c1-17-10-12-19(13-11-17)23(27)26-22(15-21-9-6-14-29-21)24(28)25-18(2)16-30-20-7-4-3-5-8-20/h3-15,18H,16H2,1-2H3,(H,25,28)(H,26,27)/b22-15-/t18-/m1/s1. The number of aryl methyl sites for hydroxylation is 1. The molecule has 6 heteroatoms. The fraction of sp³-hybridized carbons (Fsp3) is 0.167. The molecule has 154 valence electrons. The predicted octanol–water partition coefficient (Wildman–Crippen LogP) is 3.94. The zero-order valence-electron chi connectivity index (χ0n) is 16.9. The molecule has 3 rings (SSSR count). The highest BCUT2D eigenvalue weighted by molar-refractivity contribution is 6.05. The van der Waals surface area contributed by atoms with Crippen LogP contribution in [0.4, 0.5) is 0 Å². The first-order chi connectivity index (χ1) is 14.5. The van der Waals surface area contributed by atoms with Gasteiger partial charge in [0.25, 0.3) is 11.8 Å². The van der Waals surface area contributed by atoms with Crippen LogP contribution >= 0.6 is 0 Å². The van der Waals surface area contributed by atoms with Crippen LogP contribution in [-0.4, -0.2) is 24.5 Å². The van der Waals surface area contributed by atoms with Crippen molar-refractivity contribution >= 4 is 17.9 Å². The molecule has 1 atom stereocenters. The molecule has 1 aromatic heterocycles. The number of carbonyl (C=O) groups is 2. The van der Waals surface area contributed by atoms with E-state index >= 15 is 0 Å². The average Bonchev–Trinajstić information content (AvgIpc) is 3.26. The van der Waals surface area contributed by atoms with Crippen LogP contribution in [0.25, 0.3) is 6.08 Å². The van der Waals surface area contributed by atoms with Gasteiger partial charge in [0.05, 0.1) is 12.3 Å². The van der Waals surface area contributed by atoms with Gasteiger partial charge >= 0.3 is 0 Å². The monoisotopic (exact) mass is 404 g/mol. The van der Waals surface area contributed by atoms with Crippen molar-refractivity contribution in [2.24, 2.45) is 0 Å². The molecule has 0 saturated carbocycles. The summed E-state index contributed by atoms with van der Waals surface area (Å²) in [5, 5.41) is 5.52. The number of benzene rings is 2. The second-order valence-corrected chi connectivity index (χ2v) is 6.89. The van der Waals surface area contributed by atoms with Gasteiger partial charge in [0.15, 0.2) is 0 Å². The van der Waals surface area contributed by atoms with E-state index < -0.39 is 5.91 Å². The minimum Gasteiger partial charge on any atom is -0.491 e. The van der Waals surface area contributed by atoms with Crippen LogP contribution in [0.15, 0.2) is 83.1 Å². The van der Waals surface area contributed by atoms with Crippen LogP contribution in [0.2, 0.25) is 0 Å². The molecule has 0 bridgehead atoms. The Kier molecular flexibility index (Phi) is 7.05. The maximum Gasteiger partial charge on any atom is 0.268 e. The van der Waals surface area contributed by atoms with Crippen LogP contribution in [0.1, 0.15) is 28.6 Å². The van der Waals surface area contributed by atoms with Gasteiger partial charge < -0.3 is 19.8 Å². The van der Waals surface area contributed by atoms with Crippen molar-refractivity contribution in [1.29, 1.82) is 0 Å². The number of hydrogen-bond acceptors (Lipinski definition) is 4.